The minimum Gasteiger partial charge on any atom is -0.389 e. The second-order valence-electron chi connectivity index (χ2n) is 4.88. The summed E-state index contributed by atoms with van der Waals surface area (Å²) >= 11 is 0. The Morgan fingerprint density at radius 3 is 2.00 bits per heavy atom. The van der Waals surface area contributed by atoms with Gasteiger partial charge in [0, 0.05) is 32.7 Å². The van der Waals surface area contributed by atoms with Crippen molar-refractivity contribution >= 4 is 5.91 Å². The van der Waals surface area contributed by atoms with Crippen molar-refractivity contribution < 1.29 is 23.1 Å². The molecule has 4 nitrogen and oxygen atoms in total. The molecule has 0 aromatic carbocycles. The highest BCUT2D eigenvalue weighted by molar-refractivity contribution is 5.81. The first-order valence-corrected chi connectivity index (χ1v) is 5.40. The van der Waals surface area contributed by atoms with E-state index in [0.717, 1.165) is 4.90 Å². The van der Waals surface area contributed by atoms with Gasteiger partial charge in [-0.25, -0.2) is 0 Å². The molecule has 0 atom stereocenters. The zero-order valence-electron chi connectivity index (χ0n) is 9.92. The summed E-state index contributed by atoms with van der Waals surface area (Å²) in [6, 6.07) is 0. The number of piperazine rings is 1. The lowest BCUT2D eigenvalue weighted by Crippen LogP contribution is -2.54. The van der Waals surface area contributed by atoms with Gasteiger partial charge in [0.2, 0.25) is 0 Å². The molecule has 1 fully saturated rings. The van der Waals surface area contributed by atoms with Gasteiger partial charge in [-0.15, -0.1) is 0 Å². The number of hydrogen-bond donors (Lipinski definition) is 1. The van der Waals surface area contributed by atoms with Gasteiger partial charge >= 0.3 is 12.1 Å². The summed E-state index contributed by atoms with van der Waals surface area (Å²) in [7, 11) is 0. The molecular weight excluding hydrogens is 237 g/mol. The maximum Gasteiger partial charge on any atom is 0.471 e. The molecule has 1 aliphatic rings. The van der Waals surface area contributed by atoms with Crippen molar-refractivity contribution in [2.24, 2.45) is 0 Å². The number of amides is 1. The van der Waals surface area contributed by atoms with Gasteiger partial charge in [0.05, 0.1) is 5.60 Å². The summed E-state index contributed by atoms with van der Waals surface area (Å²) in [6.07, 6.45) is -4.79. The van der Waals surface area contributed by atoms with Gasteiger partial charge in [-0.1, -0.05) is 0 Å². The molecule has 0 unspecified atom stereocenters. The van der Waals surface area contributed by atoms with Gasteiger partial charge in [-0.05, 0) is 13.8 Å². The van der Waals surface area contributed by atoms with E-state index in [1.807, 2.05) is 4.90 Å². The molecule has 0 aliphatic carbocycles. The number of aliphatic hydroxyl groups is 1. The second-order valence-corrected chi connectivity index (χ2v) is 4.88. The summed E-state index contributed by atoms with van der Waals surface area (Å²) in [4.78, 5) is 13.6. The van der Waals surface area contributed by atoms with Crippen LogP contribution in [0.15, 0.2) is 0 Å². The Kier molecular flexibility index (Phi) is 4.03. The van der Waals surface area contributed by atoms with E-state index in [2.05, 4.69) is 0 Å². The lowest BCUT2D eigenvalue weighted by molar-refractivity contribution is -0.187. The number of β-amino-alcohol motifs (C(OH)–C–C–N with tert-alkyl or cyclic N) is 1. The Bertz CT molecular complexity index is 278. The smallest absolute Gasteiger partial charge is 0.389 e. The number of nitrogens with zero attached hydrogens (tertiary/aromatic N) is 2. The van der Waals surface area contributed by atoms with Crippen LogP contribution in [0.25, 0.3) is 0 Å². The molecule has 7 heteroatoms. The Morgan fingerprint density at radius 1 is 1.18 bits per heavy atom. The number of hydrogen-bond acceptors (Lipinski definition) is 3. The maximum atomic E-state index is 12.2. The summed E-state index contributed by atoms with van der Waals surface area (Å²) in [5.41, 5.74) is -0.879. The van der Waals surface area contributed by atoms with E-state index >= 15 is 0 Å². The van der Waals surface area contributed by atoms with Gasteiger partial charge < -0.3 is 10.0 Å². The number of carbonyl (C=O) groups is 1. The first-order valence-electron chi connectivity index (χ1n) is 5.40. The van der Waals surface area contributed by atoms with Crippen LogP contribution >= 0.6 is 0 Å². The van der Waals surface area contributed by atoms with Crippen LogP contribution < -0.4 is 0 Å². The van der Waals surface area contributed by atoms with Crippen molar-refractivity contribution in [3.8, 4) is 0 Å². The zero-order chi connectivity index (χ0) is 13.3. The summed E-state index contributed by atoms with van der Waals surface area (Å²) in [5, 5.41) is 9.57. The van der Waals surface area contributed by atoms with Crippen LogP contribution in [-0.2, 0) is 4.79 Å². The third-order valence-electron chi connectivity index (χ3n) is 2.51. The molecule has 0 bridgehead atoms. The van der Waals surface area contributed by atoms with Gasteiger partial charge in [0.15, 0.2) is 0 Å². The topological polar surface area (TPSA) is 43.8 Å². The highest BCUT2D eigenvalue weighted by Gasteiger charge is 2.43. The normalized spacial score (nSPS) is 19.5. The minimum atomic E-state index is -4.79. The molecule has 0 aromatic heterocycles. The Hall–Kier alpha value is -0.820. The van der Waals surface area contributed by atoms with Crippen molar-refractivity contribution in [2.75, 3.05) is 32.7 Å². The van der Waals surface area contributed by atoms with E-state index in [1.165, 1.54) is 0 Å². The molecule has 0 saturated carbocycles. The average molecular weight is 254 g/mol. The third-order valence-corrected chi connectivity index (χ3v) is 2.51. The summed E-state index contributed by atoms with van der Waals surface area (Å²) in [6.45, 7) is 4.47. The summed E-state index contributed by atoms with van der Waals surface area (Å²) < 4.78 is 36.5. The molecule has 1 heterocycles. The molecular formula is C10H17F3N2O2. The highest BCUT2D eigenvalue weighted by atomic mass is 19.4. The van der Waals surface area contributed by atoms with E-state index in [-0.39, 0.29) is 13.1 Å². The first kappa shape index (κ1) is 14.2. The Balaban J connectivity index is 2.44. The van der Waals surface area contributed by atoms with Crippen molar-refractivity contribution in [3.05, 3.63) is 0 Å². The Morgan fingerprint density at radius 2 is 1.65 bits per heavy atom. The fourth-order valence-corrected chi connectivity index (χ4v) is 1.84. The second kappa shape index (κ2) is 4.81. The van der Waals surface area contributed by atoms with Gasteiger partial charge in [-0.2, -0.15) is 13.2 Å². The van der Waals surface area contributed by atoms with Crippen LogP contribution in [0.4, 0.5) is 13.2 Å². The zero-order valence-corrected chi connectivity index (χ0v) is 9.92. The quantitative estimate of drug-likeness (QED) is 0.778. The molecule has 1 saturated heterocycles. The lowest BCUT2D eigenvalue weighted by atomic mass is 10.1. The maximum absolute atomic E-state index is 12.2. The largest absolute Gasteiger partial charge is 0.471 e. The predicted octanol–water partition coefficient (Wildman–Crippen LogP) is 0.464. The van der Waals surface area contributed by atoms with Crippen molar-refractivity contribution in [3.63, 3.8) is 0 Å². The van der Waals surface area contributed by atoms with Gasteiger partial charge in [0.1, 0.15) is 0 Å². The monoisotopic (exact) mass is 254 g/mol. The van der Waals surface area contributed by atoms with Crippen LogP contribution in [0.1, 0.15) is 13.8 Å². The van der Waals surface area contributed by atoms with Crippen molar-refractivity contribution in [1.82, 2.24) is 9.80 Å². The highest BCUT2D eigenvalue weighted by Crippen LogP contribution is 2.19. The molecule has 1 aliphatic heterocycles. The number of halogens is 3. The van der Waals surface area contributed by atoms with Crippen LogP contribution in [-0.4, -0.2) is 65.3 Å². The van der Waals surface area contributed by atoms with Crippen LogP contribution in [0, 0.1) is 0 Å². The van der Waals surface area contributed by atoms with Gasteiger partial charge in [0.25, 0.3) is 0 Å². The molecule has 0 aromatic rings. The van der Waals surface area contributed by atoms with Gasteiger partial charge in [-0.3, -0.25) is 9.69 Å². The SMILES string of the molecule is CC(C)(O)CN1CCN(C(=O)C(F)(F)F)CC1. The molecule has 1 N–H and O–H groups in total. The van der Waals surface area contributed by atoms with E-state index in [9.17, 15) is 23.1 Å². The Labute approximate surface area is 98.0 Å². The molecule has 100 valence electrons. The average Bonchev–Trinajstić information content (AvgIpc) is 2.14. The molecule has 0 spiro atoms. The first-order chi connectivity index (χ1) is 7.59. The molecule has 0 radical (unpaired) electrons. The lowest BCUT2D eigenvalue weighted by Gasteiger charge is -2.37. The fourth-order valence-electron chi connectivity index (χ4n) is 1.84. The van der Waals surface area contributed by atoms with E-state index in [4.69, 9.17) is 0 Å². The molecule has 1 amide bonds. The molecule has 1 rings (SSSR count). The van der Waals surface area contributed by atoms with Crippen molar-refractivity contribution in [2.45, 2.75) is 25.6 Å². The summed E-state index contributed by atoms with van der Waals surface area (Å²) in [5.74, 6) is -1.78. The van der Waals surface area contributed by atoms with Crippen molar-refractivity contribution in [1.29, 1.82) is 0 Å². The fraction of sp³-hybridized carbons (Fsp3) is 0.900. The number of rotatable bonds is 2. The van der Waals surface area contributed by atoms with Crippen LogP contribution in [0.5, 0.6) is 0 Å². The number of alkyl halides is 3. The predicted molar refractivity (Wildman–Crippen MR) is 55.4 cm³/mol. The van der Waals surface area contributed by atoms with Crippen LogP contribution in [0.2, 0.25) is 0 Å². The van der Waals surface area contributed by atoms with Crippen LogP contribution in [0.3, 0.4) is 0 Å². The van der Waals surface area contributed by atoms with E-state index < -0.39 is 17.7 Å². The standard InChI is InChI=1S/C10H17F3N2O2/c1-9(2,17)7-14-3-5-15(6-4-14)8(16)10(11,12)13/h17H,3-7H2,1-2H3. The molecule has 17 heavy (non-hydrogen) atoms. The third kappa shape index (κ3) is 4.51. The minimum absolute atomic E-state index is 0.0500. The van der Waals surface area contributed by atoms with E-state index in [0.29, 0.717) is 19.6 Å². The number of carbonyl (C=O) groups excluding carboxylic acids is 1. The van der Waals surface area contributed by atoms with E-state index in [1.54, 1.807) is 13.8 Å².